The molecule has 0 radical (unpaired) electrons. The van der Waals surface area contributed by atoms with Crippen LogP contribution < -0.4 is 0 Å². The zero-order chi connectivity index (χ0) is 30.7. The van der Waals surface area contributed by atoms with E-state index in [1.54, 1.807) is 20.8 Å². The summed E-state index contributed by atoms with van der Waals surface area (Å²) in [7, 11) is 0. The van der Waals surface area contributed by atoms with Gasteiger partial charge in [-0.25, -0.2) is 0 Å². The van der Waals surface area contributed by atoms with Crippen molar-refractivity contribution in [3.05, 3.63) is 36.5 Å². The molecule has 0 unspecified atom stereocenters. The van der Waals surface area contributed by atoms with Crippen LogP contribution in [0.2, 0.25) is 0 Å². The third-order valence-electron chi connectivity index (χ3n) is 9.15. The molecule has 0 aromatic carbocycles. The third kappa shape index (κ3) is 10.7. The largest absolute Gasteiger partial charge is 0.481 e. The number of aliphatic hydroxyl groups excluding tert-OH is 4. The highest BCUT2D eigenvalue weighted by atomic mass is 16.5. The van der Waals surface area contributed by atoms with E-state index in [1.165, 1.54) is 0 Å². The summed E-state index contributed by atoms with van der Waals surface area (Å²) < 4.78 is 6.18. The molecule has 5 N–H and O–H groups in total. The molecule has 1 fully saturated rings. The fraction of sp³-hybridized carbons (Fsp3) is 0.788. The lowest BCUT2D eigenvalue weighted by Gasteiger charge is -2.43. The summed E-state index contributed by atoms with van der Waals surface area (Å²) in [4.78, 5) is 11.5. The summed E-state index contributed by atoms with van der Waals surface area (Å²) in [5.74, 6) is -2.34. The number of carboxylic acids is 1. The van der Waals surface area contributed by atoms with Crippen LogP contribution in [-0.4, -0.2) is 68.1 Å². The second kappa shape index (κ2) is 17.4. The second-order valence-corrected chi connectivity index (χ2v) is 12.7. The SMILES string of the molecule is C=CC[C@@H](C)/C=C(\C)[C@H](O)[C@H](C)/C=C/CC[C@@H](O)[C@H](C)[C@H](O)[C@H](C)[C@H](O)[C@H](C)[C@@H]1O[C@H]([C@H](C)C(=O)O)CC[C@@H]1C. The van der Waals surface area contributed by atoms with Gasteiger partial charge in [0.05, 0.1) is 42.5 Å². The topological polar surface area (TPSA) is 127 Å². The molecule has 1 rings (SSSR count). The molecule has 0 aromatic heterocycles. The van der Waals surface area contributed by atoms with Gasteiger partial charge < -0.3 is 30.3 Å². The van der Waals surface area contributed by atoms with E-state index in [0.717, 1.165) is 18.4 Å². The average molecular weight is 567 g/mol. The molecule has 0 amide bonds. The van der Waals surface area contributed by atoms with E-state index < -0.39 is 54.2 Å². The number of aliphatic hydroxyl groups is 4. The van der Waals surface area contributed by atoms with Crippen LogP contribution in [0.15, 0.2) is 36.5 Å². The minimum atomic E-state index is -0.921. The van der Waals surface area contributed by atoms with Crippen molar-refractivity contribution in [1.29, 1.82) is 0 Å². The molecule has 1 aliphatic heterocycles. The molecule has 7 nitrogen and oxygen atoms in total. The minimum absolute atomic E-state index is 0.0634. The van der Waals surface area contributed by atoms with Gasteiger partial charge in [-0.15, -0.1) is 6.58 Å². The van der Waals surface area contributed by atoms with Gasteiger partial charge in [-0.1, -0.05) is 65.8 Å². The number of hydrogen-bond donors (Lipinski definition) is 5. The number of carbonyl (C=O) groups is 1. The second-order valence-electron chi connectivity index (χ2n) is 12.7. The fourth-order valence-electron chi connectivity index (χ4n) is 5.99. The predicted molar refractivity (Wildman–Crippen MR) is 161 cm³/mol. The number of ether oxygens (including phenoxy) is 1. The summed E-state index contributed by atoms with van der Waals surface area (Å²) in [6.07, 6.45) is 7.49. The van der Waals surface area contributed by atoms with Crippen LogP contribution in [0.3, 0.4) is 0 Å². The van der Waals surface area contributed by atoms with E-state index in [0.29, 0.717) is 25.2 Å². The maximum atomic E-state index is 11.5. The smallest absolute Gasteiger partial charge is 0.308 e. The Morgan fingerprint density at radius 2 is 1.62 bits per heavy atom. The molecule has 0 aliphatic carbocycles. The van der Waals surface area contributed by atoms with Gasteiger partial charge in [-0.3, -0.25) is 4.79 Å². The van der Waals surface area contributed by atoms with E-state index in [4.69, 9.17) is 4.74 Å². The number of carboxylic acid groups (broad SMARTS) is 1. The highest BCUT2D eigenvalue weighted by Gasteiger charge is 2.41. The van der Waals surface area contributed by atoms with Crippen molar-refractivity contribution in [2.75, 3.05) is 0 Å². The maximum Gasteiger partial charge on any atom is 0.308 e. The summed E-state index contributed by atoms with van der Waals surface area (Å²) in [6.45, 7) is 18.9. The molecule has 0 aromatic rings. The van der Waals surface area contributed by atoms with E-state index in [1.807, 2.05) is 39.0 Å². The Balaban J connectivity index is 2.66. The Bertz CT molecular complexity index is 824. The van der Waals surface area contributed by atoms with E-state index in [2.05, 4.69) is 26.5 Å². The van der Waals surface area contributed by atoms with Crippen LogP contribution in [0.4, 0.5) is 0 Å². The standard InChI is InChI=1S/C33H58O7/c1-10-13-19(2)18-22(5)29(35)20(3)14-11-12-15-27(34)23(6)30(36)25(8)31(37)26(9)32-21(4)16-17-28(40-32)24(7)33(38)39/h10-11,14,18-21,23-32,34-37H,1,12-13,15-17H2,2-9H3,(H,38,39)/b14-11+,22-18+/t19-,20-,21+,23+,24+,25+,26+,27-,28+,29-,30+,31+,32-/m1/s1. The lowest BCUT2D eigenvalue weighted by atomic mass is 9.76. The molecule has 232 valence electrons. The highest BCUT2D eigenvalue weighted by molar-refractivity contribution is 5.70. The normalized spacial score (nSPS) is 28.1. The van der Waals surface area contributed by atoms with Gasteiger partial charge in [-0.05, 0) is 63.4 Å². The molecule has 7 heteroatoms. The van der Waals surface area contributed by atoms with Gasteiger partial charge >= 0.3 is 5.97 Å². The first kappa shape index (κ1) is 36.5. The molecule has 0 spiro atoms. The van der Waals surface area contributed by atoms with Gasteiger partial charge in [0.1, 0.15) is 0 Å². The number of aliphatic carboxylic acids is 1. The van der Waals surface area contributed by atoms with Crippen LogP contribution in [0.1, 0.15) is 87.5 Å². The molecule has 1 aliphatic rings. The number of hydrogen-bond acceptors (Lipinski definition) is 6. The van der Waals surface area contributed by atoms with Gasteiger partial charge in [0.15, 0.2) is 0 Å². The monoisotopic (exact) mass is 566 g/mol. The Hall–Kier alpha value is -1.51. The molecular formula is C33H58O7. The molecule has 1 saturated heterocycles. The van der Waals surface area contributed by atoms with Crippen molar-refractivity contribution in [3.8, 4) is 0 Å². The molecule has 13 atom stereocenters. The number of allylic oxidation sites excluding steroid dienone is 3. The molecule has 40 heavy (non-hydrogen) atoms. The lowest BCUT2D eigenvalue weighted by molar-refractivity contribution is -0.169. The minimum Gasteiger partial charge on any atom is -0.481 e. The summed E-state index contributed by atoms with van der Waals surface area (Å²) in [6, 6.07) is 0. The van der Waals surface area contributed by atoms with Crippen molar-refractivity contribution in [3.63, 3.8) is 0 Å². The first-order valence-electron chi connectivity index (χ1n) is 15.2. The van der Waals surface area contributed by atoms with Crippen LogP contribution in [0.5, 0.6) is 0 Å². The first-order chi connectivity index (χ1) is 18.6. The van der Waals surface area contributed by atoms with Gasteiger partial charge in [0.2, 0.25) is 0 Å². The number of rotatable bonds is 17. The van der Waals surface area contributed by atoms with E-state index in [-0.39, 0.29) is 23.9 Å². The molecule has 1 heterocycles. The van der Waals surface area contributed by atoms with E-state index in [9.17, 15) is 30.3 Å². The summed E-state index contributed by atoms with van der Waals surface area (Å²) in [5, 5.41) is 53.0. The average Bonchev–Trinajstić information content (AvgIpc) is 2.92. The van der Waals surface area contributed by atoms with Gasteiger partial charge in [0.25, 0.3) is 0 Å². The molecule has 0 saturated carbocycles. The Kier molecular flexibility index (Phi) is 15.9. The Morgan fingerprint density at radius 3 is 2.20 bits per heavy atom. The first-order valence-corrected chi connectivity index (χ1v) is 15.2. The third-order valence-corrected chi connectivity index (χ3v) is 9.15. The van der Waals surface area contributed by atoms with Gasteiger partial charge in [0, 0.05) is 23.7 Å². The highest BCUT2D eigenvalue weighted by Crippen LogP contribution is 2.36. The maximum absolute atomic E-state index is 11.5. The van der Waals surface area contributed by atoms with Gasteiger partial charge in [-0.2, -0.15) is 0 Å². The van der Waals surface area contributed by atoms with Crippen molar-refractivity contribution < 1.29 is 35.1 Å². The fourth-order valence-corrected chi connectivity index (χ4v) is 5.99. The van der Waals surface area contributed by atoms with Crippen molar-refractivity contribution in [2.24, 2.45) is 41.4 Å². The zero-order valence-electron chi connectivity index (χ0n) is 26.1. The molecule has 0 bridgehead atoms. The van der Waals surface area contributed by atoms with Crippen molar-refractivity contribution in [1.82, 2.24) is 0 Å². The lowest BCUT2D eigenvalue weighted by Crippen LogP contribution is -2.49. The van der Waals surface area contributed by atoms with E-state index >= 15 is 0 Å². The van der Waals surface area contributed by atoms with Crippen molar-refractivity contribution >= 4 is 5.97 Å². The van der Waals surface area contributed by atoms with Crippen LogP contribution in [0, 0.1) is 41.4 Å². The van der Waals surface area contributed by atoms with Crippen molar-refractivity contribution in [2.45, 2.75) is 124 Å². The summed E-state index contributed by atoms with van der Waals surface area (Å²) in [5.41, 5.74) is 0.935. The quantitative estimate of drug-likeness (QED) is 0.150. The Morgan fingerprint density at radius 1 is 1.00 bits per heavy atom. The molecular weight excluding hydrogens is 508 g/mol. The van der Waals surface area contributed by atoms with Crippen LogP contribution >= 0.6 is 0 Å². The van der Waals surface area contributed by atoms with Crippen LogP contribution in [0.25, 0.3) is 0 Å². The zero-order valence-corrected chi connectivity index (χ0v) is 26.1. The summed E-state index contributed by atoms with van der Waals surface area (Å²) >= 11 is 0. The van der Waals surface area contributed by atoms with Crippen LogP contribution in [-0.2, 0) is 9.53 Å². The predicted octanol–water partition coefficient (Wildman–Crippen LogP) is 5.37. The Labute approximate surface area is 243 Å².